The zero-order valence-corrected chi connectivity index (χ0v) is 10.8. The van der Waals surface area contributed by atoms with Gasteiger partial charge in [0, 0.05) is 12.6 Å². The molecule has 1 amide bonds. The predicted molar refractivity (Wildman–Crippen MR) is 69.6 cm³/mol. The van der Waals surface area contributed by atoms with Gasteiger partial charge in [-0.25, -0.2) is 0 Å². The molecule has 1 rings (SSSR count). The highest BCUT2D eigenvalue weighted by atomic mass is 16.2. The van der Waals surface area contributed by atoms with Crippen molar-refractivity contribution in [3.63, 3.8) is 0 Å². The minimum Gasteiger partial charge on any atom is -0.344 e. The third-order valence-electron chi connectivity index (χ3n) is 3.35. The van der Waals surface area contributed by atoms with E-state index in [9.17, 15) is 4.79 Å². The maximum absolute atomic E-state index is 11.9. The molecule has 0 spiro atoms. The zero-order chi connectivity index (χ0) is 12.7. The SMILES string of the molecule is C#CCNC(=O)C(C)N1CCCCC1CNC. The number of hydrogen-bond acceptors (Lipinski definition) is 3. The number of piperidine rings is 1. The molecule has 2 N–H and O–H groups in total. The number of likely N-dealkylation sites (N-methyl/N-ethyl adjacent to an activating group) is 1. The Bertz CT molecular complexity index is 283. The smallest absolute Gasteiger partial charge is 0.237 e. The van der Waals surface area contributed by atoms with Gasteiger partial charge in [0.15, 0.2) is 0 Å². The summed E-state index contributed by atoms with van der Waals surface area (Å²) in [5, 5.41) is 5.95. The van der Waals surface area contributed by atoms with Crippen LogP contribution in [0.25, 0.3) is 0 Å². The van der Waals surface area contributed by atoms with Crippen LogP contribution in [-0.4, -0.2) is 49.6 Å². The first-order valence-corrected chi connectivity index (χ1v) is 6.32. The fourth-order valence-electron chi connectivity index (χ4n) is 2.42. The van der Waals surface area contributed by atoms with Crippen molar-refractivity contribution in [2.24, 2.45) is 0 Å². The van der Waals surface area contributed by atoms with E-state index < -0.39 is 0 Å². The standard InChI is InChI=1S/C13H23N3O/c1-4-8-15-13(17)11(2)16-9-6-5-7-12(16)10-14-3/h1,11-12,14H,5-10H2,2-3H3,(H,15,17). The van der Waals surface area contributed by atoms with Gasteiger partial charge < -0.3 is 10.6 Å². The van der Waals surface area contributed by atoms with Crippen LogP contribution in [0.3, 0.4) is 0 Å². The third kappa shape index (κ3) is 4.03. The minimum absolute atomic E-state index is 0.0333. The molecule has 17 heavy (non-hydrogen) atoms. The van der Waals surface area contributed by atoms with Gasteiger partial charge in [-0.3, -0.25) is 9.69 Å². The van der Waals surface area contributed by atoms with Crippen molar-refractivity contribution >= 4 is 5.91 Å². The van der Waals surface area contributed by atoms with E-state index in [0.717, 1.165) is 19.5 Å². The molecule has 0 aromatic rings. The molecule has 1 fully saturated rings. The molecule has 2 atom stereocenters. The number of terminal acetylenes is 1. The number of hydrogen-bond donors (Lipinski definition) is 2. The highest BCUT2D eigenvalue weighted by molar-refractivity contribution is 5.81. The second-order valence-corrected chi connectivity index (χ2v) is 4.54. The van der Waals surface area contributed by atoms with Crippen LogP contribution in [0, 0.1) is 12.3 Å². The predicted octanol–water partition coefficient (Wildman–Crippen LogP) is 0.198. The average Bonchev–Trinajstić information content (AvgIpc) is 2.36. The Morgan fingerprint density at radius 2 is 2.35 bits per heavy atom. The van der Waals surface area contributed by atoms with Crippen molar-refractivity contribution in [1.82, 2.24) is 15.5 Å². The van der Waals surface area contributed by atoms with Gasteiger partial charge in [-0.15, -0.1) is 6.42 Å². The largest absolute Gasteiger partial charge is 0.344 e. The van der Waals surface area contributed by atoms with E-state index in [1.807, 2.05) is 14.0 Å². The van der Waals surface area contributed by atoms with Gasteiger partial charge in [0.1, 0.15) is 0 Å². The van der Waals surface area contributed by atoms with Gasteiger partial charge in [-0.2, -0.15) is 0 Å². The van der Waals surface area contributed by atoms with Crippen LogP contribution < -0.4 is 10.6 Å². The van der Waals surface area contributed by atoms with Crippen LogP contribution in [0.5, 0.6) is 0 Å². The Hall–Kier alpha value is -1.05. The van der Waals surface area contributed by atoms with E-state index in [2.05, 4.69) is 21.5 Å². The Morgan fingerprint density at radius 1 is 1.59 bits per heavy atom. The summed E-state index contributed by atoms with van der Waals surface area (Å²) in [6.07, 6.45) is 8.73. The molecular weight excluding hydrogens is 214 g/mol. The number of amides is 1. The van der Waals surface area contributed by atoms with Crippen molar-refractivity contribution in [2.45, 2.75) is 38.3 Å². The molecule has 1 aliphatic heterocycles. The molecule has 0 aromatic heterocycles. The summed E-state index contributed by atoms with van der Waals surface area (Å²) in [6, 6.07) is 0.363. The Balaban J connectivity index is 2.54. The van der Waals surface area contributed by atoms with Crippen LogP contribution >= 0.6 is 0 Å². The van der Waals surface area contributed by atoms with Crippen LogP contribution in [0.4, 0.5) is 0 Å². The van der Waals surface area contributed by atoms with Gasteiger partial charge in [-0.1, -0.05) is 12.3 Å². The monoisotopic (exact) mass is 237 g/mol. The molecule has 4 nitrogen and oxygen atoms in total. The summed E-state index contributed by atoms with van der Waals surface area (Å²) in [4.78, 5) is 14.2. The van der Waals surface area contributed by atoms with Gasteiger partial charge >= 0.3 is 0 Å². The zero-order valence-electron chi connectivity index (χ0n) is 10.8. The minimum atomic E-state index is -0.0954. The number of likely N-dealkylation sites (tertiary alicyclic amines) is 1. The lowest BCUT2D eigenvalue weighted by Crippen LogP contribution is -2.54. The molecule has 1 heterocycles. The van der Waals surface area contributed by atoms with Crippen molar-refractivity contribution in [2.75, 3.05) is 26.7 Å². The molecule has 0 radical (unpaired) electrons. The van der Waals surface area contributed by atoms with Crippen molar-refractivity contribution in [3.8, 4) is 12.3 Å². The first-order chi connectivity index (χ1) is 8.20. The maximum atomic E-state index is 11.9. The molecule has 1 saturated heterocycles. The molecule has 0 bridgehead atoms. The second kappa shape index (κ2) is 7.31. The number of nitrogens with one attached hydrogen (secondary N) is 2. The first-order valence-electron chi connectivity index (χ1n) is 6.32. The normalized spacial score (nSPS) is 22.8. The Kier molecular flexibility index (Phi) is 6.03. The number of carbonyl (C=O) groups is 1. The van der Waals surface area contributed by atoms with E-state index in [1.165, 1.54) is 12.8 Å². The van der Waals surface area contributed by atoms with Crippen LogP contribution in [0.1, 0.15) is 26.2 Å². The number of nitrogens with zero attached hydrogens (tertiary/aromatic N) is 1. The summed E-state index contributed by atoms with van der Waals surface area (Å²) in [7, 11) is 1.95. The first kappa shape index (κ1) is 14.0. The third-order valence-corrected chi connectivity index (χ3v) is 3.35. The topological polar surface area (TPSA) is 44.4 Å². The summed E-state index contributed by atoms with van der Waals surface area (Å²) >= 11 is 0. The highest BCUT2D eigenvalue weighted by Crippen LogP contribution is 2.19. The number of carbonyl (C=O) groups excluding carboxylic acids is 1. The summed E-state index contributed by atoms with van der Waals surface area (Å²) in [5.74, 6) is 2.46. The molecule has 96 valence electrons. The van der Waals surface area contributed by atoms with Gasteiger partial charge in [0.05, 0.1) is 12.6 Å². The van der Waals surface area contributed by atoms with Gasteiger partial charge in [0.2, 0.25) is 5.91 Å². The van der Waals surface area contributed by atoms with E-state index >= 15 is 0 Å². The Labute approximate surface area is 104 Å². The summed E-state index contributed by atoms with van der Waals surface area (Å²) < 4.78 is 0. The summed E-state index contributed by atoms with van der Waals surface area (Å²) in [5.41, 5.74) is 0. The number of rotatable bonds is 5. The Morgan fingerprint density at radius 3 is 3.00 bits per heavy atom. The van der Waals surface area contributed by atoms with E-state index in [-0.39, 0.29) is 11.9 Å². The van der Waals surface area contributed by atoms with Crippen LogP contribution in [0.15, 0.2) is 0 Å². The van der Waals surface area contributed by atoms with Gasteiger partial charge in [0.25, 0.3) is 0 Å². The van der Waals surface area contributed by atoms with E-state index in [0.29, 0.717) is 12.6 Å². The lowest BCUT2D eigenvalue weighted by atomic mass is 9.99. The second-order valence-electron chi connectivity index (χ2n) is 4.54. The van der Waals surface area contributed by atoms with Crippen LogP contribution in [-0.2, 0) is 4.79 Å². The van der Waals surface area contributed by atoms with Crippen molar-refractivity contribution in [3.05, 3.63) is 0 Å². The fraction of sp³-hybridized carbons (Fsp3) is 0.769. The molecule has 0 aromatic carbocycles. The van der Waals surface area contributed by atoms with Crippen LogP contribution in [0.2, 0.25) is 0 Å². The molecule has 0 aliphatic carbocycles. The molecule has 4 heteroatoms. The lowest BCUT2D eigenvalue weighted by Gasteiger charge is -2.39. The van der Waals surface area contributed by atoms with Gasteiger partial charge in [-0.05, 0) is 33.4 Å². The molecule has 2 unspecified atom stereocenters. The average molecular weight is 237 g/mol. The quantitative estimate of drug-likeness (QED) is 0.671. The fourth-order valence-corrected chi connectivity index (χ4v) is 2.42. The molecule has 0 saturated carbocycles. The van der Waals surface area contributed by atoms with Crippen molar-refractivity contribution in [1.29, 1.82) is 0 Å². The maximum Gasteiger partial charge on any atom is 0.237 e. The van der Waals surface area contributed by atoms with Crippen molar-refractivity contribution < 1.29 is 4.79 Å². The van der Waals surface area contributed by atoms with E-state index in [4.69, 9.17) is 6.42 Å². The highest BCUT2D eigenvalue weighted by Gasteiger charge is 2.29. The lowest BCUT2D eigenvalue weighted by molar-refractivity contribution is -0.127. The summed E-state index contributed by atoms with van der Waals surface area (Å²) in [6.45, 7) is 4.21. The van der Waals surface area contributed by atoms with E-state index in [1.54, 1.807) is 0 Å². The molecular formula is C13H23N3O. The molecule has 1 aliphatic rings.